The summed E-state index contributed by atoms with van der Waals surface area (Å²) in [6.07, 6.45) is 1.91. The number of hydrogen-bond acceptors (Lipinski definition) is 4. The maximum absolute atomic E-state index is 4.47. The Morgan fingerprint density at radius 2 is 1.95 bits per heavy atom. The first-order valence-corrected chi connectivity index (χ1v) is 8.41. The van der Waals surface area contributed by atoms with Gasteiger partial charge in [-0.15, -0.1) is 11.3 Å². The first kappa shape index (κ1) is 15.9. The molecule has 0 radical (unpaired) electrons. The highest BCUT2D eigenvalue weighted by molar-refractivity contribution is 7.09. The summed E-state index contributed by atoms with van der Waals surface area (Å²) in [5, 5.41) is 7.07. The van der Waals surface area contributed by atoms with Crippen molar-refractivity contribution >= 4 is 11.3 Å². The van der Waals surface area contributed by atoms with Gasteiger partial charge in [-0.3, -0.25) is 4.90 Å². The van der Waals surface area contributed by atoms with Crippen LogP contribution in [0.15, 0.2) is 11.6 Å². The molecule has 1 fully saturated rings. The van der Waals surface area contributed by atoms with E-state index in [-0.39, 0.29) is 5.41 Å². The average molecular weight is 295 g/mol. The van der Waals surface area contributed by atoms with Gasteiger partial charge < -0.3 is 5.32 Å². The van der Waals surface area contributed by atoms with E-state index in [1.807, 2.05) is 6.20 Å². The monoisotopic (exact) mass is 295 g/mol. The molecule has 3 nitrogen and oxygen atoms in total. The van der Waals surface area contributed by atoms with Crippen LogP contribution in [0.4, 0.5) is 0 Å². The van der Waals surface area contributed by atoms with Crippen LogP contribution in [0, 0.1) is 10.8 Å². The van der Waals surface area contributed by atoms with E-state index < -0.39 is 0 Å². The van der Waals surface area contributed by atoms with Crippen molar-refractivity contribution in [1.29, 1.82) is 0 Å². The standard InChI is InChI=1S/C16H29N3S/c1-15(2,3)12-10-19(11-14-17-7-8-20-14)13(9-18-12)16(4,5)6/h7-8,12-13,18H,9-11H2,1-6H3. The van der Waals surface area contributed by atoms with Crippen LogP contribution < -0.4 is 5.32 Å². The molecule has 2 unspecified atom stereocenters. The van der Waals surface area contributed by atoms with Crippen molar-refractivity contribution in [3.8, 4) is 0 Å². The number of hydrogen-bond donors (Lipinski definition) is 1. The second-order valence-electron chi connectivity index (χ2n) is 8.06. The summed E-state index contributed by atoms with van der Waals surface area (Å²) in [4.78, 5) is 7.10. The number of thiazole rings is 1. The van der Waals surface area contributed by atoms with Gasteiger partial charge in [-0.1, -0.05) is 41.5 Å². The van der Waals surface area contributed by atoms with E-state index in [0.29, 0.717) is 17.5 Å². The lowest BCUT2D eigenvalue weighted by atomic mass is 9.79. The van der Waals surface area contributed by atoms with Gasteiger partial charge in [0.1, 0.15) is 5.01 Å². The van der Waals surface area contributed by atoms with Crippen LogP contribution in [0.2, 0.25) is 0 Å². The van der Waals surface area contributed by atoms with Crippen molar-refractivity contribution in [2.45, 2.75) is 60.2 Å². The van der Waals surface area contributed by atoms with Gasteiger partial charge in [0, 0.05) is 36.8 Å². The number of nitrogens with one attached hydrogen (secondary N) is 1. The highest BCUT2D eigenvalue weighted by atomic mass is 32.1. The van der Waals surface area contributed by atoms with Crippen molar-refractivity contribution in [2.24, 2.45) is 10.8 Å². The molecule has 2 atom stereocenters. The van der Waals surface area contributed by atoms with Crippen molar-refractivity contribution in [2.75, 3.05) is 13.1 Å². The van der Waals surface area contributed by atoms with Gasteiger partial charge in [-0.25, -0.2) is 4.98 Å². The quantitative estimate of drug-likeness (QED) is 0.906. The van der Waals surface area contributed by atoms with Gasteiger partial charge >= 0.3 is 0 Å². The lowest BCUT2D eigenvalue weighted by Gasteiger charge is -2.49. The molecule has 1 N–H and O–H groups in total. The maximum atomic E-state index is 4.47. The zero-order valence-corrected chi connectivity index (χ0v) is 14.5. The molecule has 114 valence electrons. The van der Waals surface area contributed by atoms with Crippen molar-refractivity contribution < 1.29 is 0 Å². The molecule has 1 saturated heterocycles. The van der Waals surface area contributed by atoms with Gasteiger partial charge in [0.05, 0.1) is 6.54 Å². The molecule has 1 aliphatic heterocycles. The van der Waals surface area contributed by atoms with Gasteiger partial charge in [-0.2, -0.15) is 0 Å². The molecule has 2 heterocycles. The second-order valence-corrected chi connectivity index (χ2v) is 9.04. The van der Waals surface area contributed by atoms with Gasteiger partial charge in [0.2, 0.25) is 0 Å². The largest absolute Gasteiger partial charge is 0.311 e. The molecule has 0 saturated carbocycles. The Balaban J connectivity index is 2.15. The first-order valence-electron chi connectivity index (χ1n) is 7.54. The Labute approximate surface area is 127 Å². The zero-order chi connectivity index (χ0) is 15.0. The maximum Gasteiger partial charge on any atom is 0.107 e. The predicted octanol–water partition coefficient (Wildman–Crippen LogP) is 3.38. The third-order valence-corrected chi connectivity index (χ3v) is 5.05. The first-order chi connectivity index (χ1) is 9.18. The van der Waals surface area contributed by atoms with Crippen LogP contribution in [0.3, 0.4) is 0 Å². The van der Waals surface area contributed by atoms with Crippen LogP contribution in [0.25, 0.3) is 0 Å². The molecule has 20 heavy (non-hydrogen) atoms. The molecule has 0 amide bonds. The smallest absolute Gasteiger partial charge is 0.107 e. The fraction of sp³-hybridized carbons (Fsp3) is 0.812. The fourth-order valence-electron chi connectivity index (χ4n) is 2.92. The number of rotatable bonds is 2. The summed E-state index contributed by atoms with van der Waals surface area (Å²) in [6.45, 7) is 17.1. The SMILES string of the molecule is CC(C)(C)C1CN(Cc2nccs2)C(C(C)(C)C)CN1. The highest BCUT2D eigenvalue weighted by Crippen LogP contribution is 2.31. The number of piperazine rings is 1. The van der Waals surface area contributed by atoms with E-state index in [4.69, 9.17) is 0 Å². The van der Waals surface area contributed by atoms with Crippen LogP contribution in [0.1, 0.15) is 46.6 Å². The van der Waals surface area contributed by atoms with Crippen LogP contribution >= 0.6 is 11.3 Å². The third kappa shape index (κ3) is 3.80. The van der Waals surface area contributed by atoms with E-state index in [0.717, 1.165) is 19.6 Å². The van der Waals surface area contributed by atoms with E-state index in [1.54, 1.807) is 11.3 Å². The summed E-state index contributed by atoms with van der Waals surface area (Å²) in [7, 11) is 0. The van der Waals surface area contributed by atoms with E-state index in [9.17, 15) is 0 Å². The minimum Gasteiger partial charge on any atom is -0.311 e. The Hall–Kier alpha value is -0.450. The molecule has 4 heteroatoms. The molecule has 0 aliphatic carbocycles. The van der Waals surface area contributed by atoms with Crippen LogP contribution in [0.5, 0.6) is 0 Å². The molecule has 0 aromatic carbocycles. The summed E-state index contributed by atoms with van der Waals surface area (Å²) in [6, 6.07) is 1.10. The fourth-order valence-corrected chi connectivity index (χ4v) is 3.56. The summed E-state index contributed by atoms with van der Waals surface area (Å²) in [5.74, 6) is 0. The van der Waals surface area contributed by atoms with Crippen LogP contribution in [-0.2, 0) is 6.54 Å². The Morgan fingerprint density at radius 3 is 2.45 bits per heavy atom. The molecule has 0 bridgehead atoms. The highest BCUT2D eigenvalue weighted by Gasteiger charge is 2.39. The topological polar surface area (TPSA) is 28.2 Å². The Bertz CT molecular complexity index is 414. The molecule has 2 rings (SSSR count). The summed E-state index contributed by atoms with van der Waals surface area (Å²) in [5.41, 5.74) is 0.580. The molecular formula is C16H29N3S. The second kappa shape index (κ2) is 5.74. The van der Waals surface area contributed by atoms with Crippen molar-refractivity contribution in [3.63, 3.8) is 0 Å². The molecular weight excluding hydrogens is 266 g/mol. The Morgan fingerprint density at radius 1 is 1.25 bits per heavy atom. The predicted molar refractivity (Wildman–Crippen MR) is 87.0 cm³/mol. The molecule has 1 aromatic rings. The van der Waals surface area contributed by atoms with Crippen LogP contribution in [-0.4, -0.2) is 35.1 Å². The Kier molecular flexibility index (Phi) is 4.57. The molecule has 1 aromatic heterocycles. The van der Waals surface area contributed by atoms with Gasteiger partial charge in [0.25, 0.3) is 0 Å². The minimum atomic E-state index is 0.285. The lowest BCUT2D eigenvalue weighted by molar-refractivity contribution is 0.0248. The van der Waals surface area contributed by atoms with E-state index >= 15 is 0 Å². The van der Waals surface area contributed by atoms with Gasteiger partial charge in [-0.05, 0) is 10.8 Å². The zero-order valence-electron chi connectivity index (χ0n) is 13.7. The molecule has 1 aliphatic rings. The number of nitrogens with zero attached hydrogens (tertiary/aromatic N) is 2. The molecule has 0 spiro atoms. The van der Waals surface area contributed by atoms with Crippen molar-refractivity contribution in [1.82, 2.24) is 15.2 Å². The van der Waals surface area contributed by atoms with Gasteiger partial charge in [0.15, 0.2) is 0 Å². The summed E-state index contributed by atoms with van der Waals surface area (Å²) < 4.78 is 0. The minimum absolute atomic E-state index is 0.285. The van der Waals surface area contributed by atoms with E-state index in [1.165, 1.54) is 5.01 Å². The van der Waals surface area contributed by atoms with Crippen molar-refractivity contribution in [3.05, 3.63) is 16.6 Å². The lowest BCUT2D eigenvalue weighted by Crippen LogP contribution is -2.63. The number of aromatic nitrogens is 1. The summed E-state index contributed by atoms with van der Waals surface area (Å²) >= 11 is 1.76. The average Bonchev–Trinajstić information content (AvgIpc) is 2.79. The normalized spacial score (nSPS) is 25.9. The third-order valence-electron chi connectivity index (χ3n) is 4.28. The van der Waals surface area contributed by atoms with E-state index in [2.05, 4.69) is 62.1 Å².